The van der Waals surface area contributed by atoms with E-state index in [2.05, 4.69) is 15.4 Å². The molecule has 1 fully saturated rings. The lowest BCUT2D eigenvalue weighted by Crippen LogP contribution is -2.29. The first-order chi connectivity index (χ1) is 10.3. The van der Waals surface area contributed by atoms with Gasteiger partial charge in [0.15, 0.2) is 6.61 Å². The highest BCUT2D eigenvalue weighted by molar-refractivity contribution is 5.93. The van der Waals surface area contributed by atoms with Gasteiger partial charge in [-0.2, -0.15) is 13.2 Å². The molecule has 1 saturated carbocycles. The second-order valence-electron chi connectivity index (χ2n) is 5.17. The predicted octanol–water partition coefficient (Wildman–Crippen LogP) is 3.13. The lowest BCUT2D eigenvalue weighted by molar-refractivity contribution is -0.153. The van der Waals surface area contributed by atoms with Gasteiger partial charge >= 0.3 is 6.18 Å². The maximum atomic E-state index is 13.2. The Morgan fingerprint density at radius 1 is 1.30 bits per heavy atom. The second-order valence-corrected chi connectivity index (χ2v) is 5.17. The van der Waals surface area contributed by atoms with E-state index in [-0.39, 0.29) is 30.4 Å². The van der Waals surface area contributed by atoms with Crippen LogP contribution in [0.5, 0.6) is 5.75 Å². The van der Waals surface area contributed by atoms with Crippen LogP contribution in [0, 0.1) is 11.7 Å². The van der Waals surface area contributed by atoms with Crippen molar-refractivity contribution in [3.05, 3.63) is 24.0 Å². The zero-order valence-corrected chi connectivity index (χ0v) is 12.9. The molecule has 1 aromatic rings. The lowest BCUT2D eigenvalue weighted by atomic mass is 10.2. The smallest absolute Gasteiger partial charge is 0.422 e. The fourth-order valence-electron chi connectivity index (χ4n) is 1.79. The lowest BCUT2D eigenvalue weighted by Gasteiger charge is -2.14. The minimum atomic E-state index is -4.51. The summed E-state index contributed by atoms with van der Waals surface area (Å²) in [4.78, 5) is 11.7. The number of rotatable bonds is 7. The van der Waals surface area contributed by atoms with Crippen LogP contribution < -0.4 is 15.4 Å². The highest BCUT2D eigenvalue weighted by atomic mass is 35.5. The van der Waals surface area contributed by atoms with Crippen LogP contribution in [0.1, 0.15) is 12.8 Å². The van der Waals surface area contributed by atoms with Crippen molar-refractivity contribution < 1.29 is 27.1 Å². The zero-order valence-electron chi connectivity index (χ0n) is 12.1. The molecule has 0 heterocycles. The van der Waals surface area contributed by atoms with Crippen LogP contribution in [0.4, 0.5) is 23.2 Å². The van der Waals surface area contributed by atoms with Gasteiger partial charge in [0.05, 0.1) is 12.2 Å². The van der Waals surface area contributed by atoms with E-state index >= 15 is 0 Å². The largest absolute Gasteiger partial charge is 0.482 e. The first-order valence-corrected chi connectivity index (χ1v) is 6.83. The van der Waals surface area contributed by atoms with Crippen LogP contribution in [-0.2, 0) is 4.79 Å². The molecule has 0 bridgehead atoms. The number of nitrogens with one attached hydrogen (secondary N) is 2. The van der Waals surface area contributed by atoms with Gasteiger partial charge < -0.3 is 15.4 Å². The third-order valence-corrected chi connectivity index (χ3v) is 3.02. The molecular formula is C14H17ClF4N2O2. The first kappa shape index (κ1) is 19.5. The molecule has 4 nitrogen and oxygen atoms in total. The van der Waals surface area contributed by atoms with E-state index in [1.807, 2.05) is 0 Å². The quantitative estimate of drug-likeness (QED) is 0.738. The molecule has 0 radical (unpaired) electrons. The normalized spacial score (nSPS) is 14.1. The third kappa shape index (κ3) is 7.51. The molecule has 0 aromatic heterocycles. The van der Waals surface area contributed by atoms with E-state index in [9.17, 15) is 22.4 Å². The SMILES string of the molecule is Cl.O=C(CNCC1CC1)Nc1cc(F)ccc1OCC(F)(F)F. The van der Waals surface area contributed by atoms with Crippen molar-refractivity contribution in [3.63, 3.8) is 0 Å². The van der Waals surface area contributed by atoms with Crippen LogP contribution >= 0.6 is 12.4 Å². The number of alkyl halides is 3. The number of hydrogen-bond acceptors (Lipinski definition) is 3. The standard InChI is InChI=1S/C14H16F4N2O2.ClH/c15-10-3-4-12(22-8-14(16,17)18)11(5-10)20-13(21)7-19-6-9-1-2-9;/h3-5,9,19H,1-2,6-8H2,(H,20,21);1H. The molecule has 23 heavy (non-hydrogen) atoms. The first-order valence-electron chi connectivity index (χ1n) is 6.83. The number of anilines is 1. The van der Waals surface area contributed by atoms with E-state index in [0.29, 0.717) is 12.5 Å². The molecule has 1 aliphatic rings. The van der Waals surface area contributed by atoms with Crippen LogP contribution in [-0.4, -0.2) is 31.8 Å². The molecule has 9 heteroatoms. The van der Waals surface area contributed by atoms with E-state index in [1.54, 1.807) is 0 Å². The highest BCUT2D eigenvalue weighted by Crippen LogP contribution is 2.28. The molecule has 0 atom stereocenters. The summed E-state index contributed by atoms with van der Waals surface area (Å²) < 4.78 is 54.3. The van der Waals surface area contributed by atoms with Crippen molar-refractivity contribution in [1.29, 1.82) is 0 Å². The van der Waals surface area contributed by atoms with Crippen LogP contribution in [0.2, 0.25) is 0 Å². The summed E-state index contributed by atoms with van der Waals surface area (Å²) in [5.41, 5.74) is -0.123. The van der Waals surface area contributed by atoms with Crippen molar-refractivity contribution in [3.8, 4) is 5.75 Å². The molecule has 0 unspecified atom stereocenters. The summed E-state index contributed by atoms with van der Waals surface area (Å²) in [5.74, 6) is -0.786. The second kappa shape index (κ2) is 8.35. The number of benzene rings is 1. The number of hydrogen-bond donors (Lipinski definition) is 2. The Morgan fingerprint density at radius 2 is 2.00 bits per heavy atom. The third-order valence-electron chi connectivity index (χ3n) is 3.02. The Bertz CT molecular complexity index is 536. The zero-order chi connectivity index (χ0) is 16.2. The minimum absolute atomic E-state index is 0. The van der Waals surface area contributed by atoms with E-state index in [1.165, 1.54) is 0 Å². The Hall–Kier alpha value is -1.54. The van der Waals surface area contributed by atoms with E-state index in [4.69, 9.17) is 0 Å². The summed E-state index contributed by atoms with van der Waals surface area (Å²) in [6.45, 7) is -0.791. The Balaban J connectivity index is 0.00000264. The van der Waals surface area contributed by atoms with Crippen LogP contribution in [0.25, 0.3) is 0 Å². The van der Waals surface area contributed by atoms with Crippen molar-refractivity contribution in [2.75, 3.05) is 25.0 Å². The number of halogens is 5. The molecule has 0 spiro atoms. The monoisotopic (exact) mass is 356 g/mol. The Labute approximate surface area is 137 Å². The number of amides is 1. The summed E-state index contributed by atoms with van der Waals surface area (Å²) in [5, 5.41) is 5.28. The van der Waals surface area contributed by atoms with Gasteiger partial charge in [0.1, 0.15) is 11.6 Å². The molecule has 2 rings (SSSR count). The Morgan fingerprint density at radius 3 is 2.61 bits per heavy atom. The number of ether oxygens (including phenoxy) is 1. The van der Waals surface area contributed by atoms with E-state index in [0.717, 1.165) is 31.0 Å². The van der Waals surface area contributed by atoms with Gasteiger partial charge in [0.25, 0.3) is 0 Å². The van der Waals surface area contributed by atoms with Crippen LogP contribution in [0.15, 0.2) is 18.2 Å². The molecule has 130 valence electrons. The summed E-state index contributed by atoms with van der Waals surface area (Å²) in [7, 11) is 0. The molecule has 1 aromatic carbocycles. The van der Waals surface area contributed by atoms with Gasteiger partial charge in [0, 0.05) is 6.07 Å². The van der Waals surface area contributed by atoms with Crippen molar-refractivity contribution in [1.82, 2.24) is 5.32 Å². The molecule has 0 aliphatic heterocycles. The van der Waals surface area contributed by atoms with Crippen molar-refractivity contribution in [2.45, 2.75) is 19.0 Å². The molecule has 1 aliphatic carbocycles. The average molecular weight is 357 g/mol. The van der Waals surface area contributed by atoms with Crippen molar-refractivity contribution in [2.24, 2.45) is 5.92 Å². The minimum Gasteiger partial charge on any atom is -0.482 e. The molecule has 0 saturated heterocycles. The number of carbonyl (C=O) groups excluding carboxylic acids is 1. The molecular weight excluding hydrogens is 340 g/mol. The van der Waals surface area contributed by atoms with Gasteiger partial charge in [-0.1, -0.05) is 0 Å². The van der Waals surface area contributed by atoms with Gasteiger partial charge in [-0.3, -0.25) is 4.79 Å². The maximum Gasteiger partial charge on any atom is 0.422 e. The van der Waals surface area contributed by atoms with Crippen molar-refractivity contribution >= 4 is 24.0 Å². The number of carbonyl (C=O) groups is 1. The average Bonchev–Trinajstić information content (AvgIpc) is 3.21. The summed E-state index contributed by atoms with van der Waals surface area (Å²) >= 11 is 0. The topological polar surface area (TPSA) is 50.4 Å². The van der Waals surface area contributed by atoms with Gasteiger partial charge in [-0.15, -0.1) is 12.4 Å². The molecule has 2 N–H and O–H groups in total. The maximum absolute atomic E-state index is 13.2. The predicted molar refractivity (Wildman–Crippen MR) is 79.4 cm³/mol. The highest BCUT2D eigenvalue weighted by Gasteiger charge is 2.29. The van der Waals surface area contributed by atoms with Gasteiger partial charge in [-0.05, 0) is 37.4 Å². The van der Waals surface area contributed by atoms with Crippen LogP contribution in [0.3, 0.4) is 0 Å². The van der Waals surface area contributed by atoms with Gasteiger partial charge in [0.2, 0.25) is 5.91 Å². The van der Waals surface area contributed by atoms with E-state index < -0.39 is 24.5 Å². The summed E-state index contributed by atoms with van der Waals surface area (Å²) in [6.07, 6.45) is -2.25. The molecule has 1 amide bonds. The summed E-state index contributed by atoms with van der Waals surface area (Å²) in [6, 6.07) is 2.94. The Kier molecular flexibility index (Phi) is 7.08. The fraction of sp³-hybridized carbons (Fsp3) is 0.500. The van der Waals surface area contributed by atoms with Gasteiger partial charge in [-0.25, -0.2) is 4.39 Å². The fourth-order valence-corrected chi connectivity index (χ4v) is 1.79.